The molecular weight excluding hydrogens is 794 g/mol. The Bertz CT molecular complexity index is 1090. The molecule has 0 rings (SSSR count). The van der Waals surface area contributed by atoms with Crippen molar-refractivity contribution in [2.24, 2.45) is 0 Å². The monoisotopic (exact) mass is 897 g/mol. The van der Waals surface area contributed by atoms with Gasteiger partial charge in [0.2, 0.25) is 0 Å². The van der Waals surface area contributed by atoms with E-state index in [1.165, 1.54) is 173 Å². The number of nitrogens with zero attached hydrogens (tertiary/aromatic N) is 1. The molecule has 0 radical (unpaired) electrons. The largest absolute Gasteiger partial charge is 0.472 e. The summed E-state index contributed by atoms with van der Waals surface area (Å²) in [6, 6.07) is 0. The number of rotatable bonds is 49. The molecule has 8 nitrogen and oxygen atoms in total. The lowest BCUT2D eigenvalue weighted by Gasteiger charge is -2.24. The summed E-state index contributed by atoms with van der Waals surface area (Å²) in [5.41, 5.74) is 0. The lowest BCUT2D eigenvalue weighted by atomic mass is 10.0. The number of quaternary nitrogens is 1. The van der Waals surface area contributed by atoms with E-state index < -0.39 is 13.9 Å². The van der Waals surface area contributed by atoms with Gasteiger partial charge in [0.1, 0.15) is 19.3 Å². The molecule has 2 unspecified atom stereocenters. The smallest absolute Gasteiger partial charge is 0.457 e. The Morgan fingerprint density at radius 3 is 1.34 bits per heavy atom. The van der Waals surface area contributed by atoms with Crippen LogP contribution in [-0.4, -0.2) is 75.6 Å². The second-order valence-electron chi connectivity index (χ2n) is 18.9. The summed E-state index contributed by atoms with van der Waals surface area (Å²) < 4.78 is 35.2. The average molecular weight is 897 g/mol. The molecule has 62 heavy (non-hydrogen) atoms. The van der Waals surface area contributed by atoms with Gasteiger partial charge in [-0.1, -0.05) is 198 Å². The summed E-state index contributed by atoms with van der Waals surface area (Å²) in [4.78, 5) is 23.0. The van der Waals surface area contributed by atoms with Gasteiger partial charge in [-0.25, -0.2) is 4.57 Å². The predicted octanol–water partition coefficient (Wildman–Crippen LogP) is 16.1. The Labute approximate surface area is 385 Å². The third-order valence-electron chi connectivity index (χ3n) is 11.4. The van der Waals surface area contributed by atoms with Crippen LogP contribution in [0.1, 0.15) is 239 Å². The maximum absolute atomic E-state index is 12.8. The molecule has 0 fully saturated rings. The molecular formula is C53H103NO7P+. The minimum absolute atomic E-state index is 0.0867. The number of hydrogen-bond acceptors (Lipinski definition) is 6. The second kappa shape index (κ2) is 46.3. The Kier molecular flexibility index (Phi) is 45.3. The normalized spacial score (nSPS) is 13.8. The molecule has 0 aliphatic heterocycles. The molecule has 9 heteroatoms. The predicted molar refractivity (Wildman–Crippen MR) is 266 cm³/mol. The van der Waals surface area contributed by atoms with Crippen LogP contribution >= 0.6 is 7.82 Å². The molecule has 0 bridgehead atoms. The first kappa shape index (κ1) is 60.7. The number of phosphoric acid groups is 1. The molecule has 0 aromatic rings. The lowest BCUT2D eigenvalue weighted by Crippen LogP contribution is -2.37. The molecule has 0 aliphatic carbocycles. The van der Waals surface area contributed by atoms with Crippen molar-refractivity contribution in [2.45, 2.75) is 245 Å². The van der Waals surface area contributed by atoms with Crippen LogP contribution in [0.4, 0.5) is 0 Å². The van der Waals surface area contributed by atoms with E-state index in [1.54, 1.807) is 0 Å². The first-order chi connectivity index (χ1) is 30.1. The highest BCUT2D eigenvalue weighted by molar-refractivity contribution is 7.47. The van der Waals surface area contributed by atoms with Gasteiger partial charge in [0.25, 0.3) is 0 Å². The van der Waals surface area contributed by atoms with Crippen molar-refractivity contribution in [1.29, 1.82) is 0 Å². The fraction of sp³-hybridized carbons (Fsp3) is 0.868. The van der Waals surface area contributed by atoms with Gasteiger partial charge in [0.05, 0.1) is 34.4 Å². The first-order valence-electron chi connectivity index (χ1n) is 26.2. The standard InChI is InChI=1S/C53H102NO7P/c1-6-8-10-12-14-16-18-20-22-24-25-26-27-28-29-30-32-34-36-38-40-42-44-46-53(55)61-52(51-60-62(56,57)59-49-47-54(3,4)5)50-58-48-45-43-41-39-37-35-33-31-23-21-19-17-15-13-11-9-7-2/h17,19,23-25,31,52H,6-16,18,20-22,26-30,32-51H2,1-5H3/p+1/b19-17-,25-24-,31-23-. The Hall–Kier alpha value is -1.28. The number of unbranched alkanes of at least 4 members (excludes halogenated alkanes) is 29. The minimum Gasteiger partial charge on any atom is -0.457 e. The van der Waals surface area contributed by atoms with E-state index in [2.05, 4.69) is 50.3 Å². The summed E-state index contributed by atoms with van der Waals surface area (Å²) in [7, 11) is 1.67. The van der Waals surface area contributed by atoms with Crippen molar-refractivity contribution in [3.63, 3.8) is 0 Å². The molecule has 0 spiro atoms. The maximum Gasteiger partial charge on any atom is 0.472 e. The third-order valence-corrected chi connectivity index (χ3v) is 12.4. The Balaban J connectivity index is 4.12. The van der Waals surface area contributed by atoms with Crippen molar-refractivity contribution in [2.75, 3.05) is 54.1 Å². The number of esters is 1. The van der Waals surface area contributed by atoms with Crippen molar-refractivity contribution < 1.29 is 37.3 Å². The van der Waals surface area contributed by atoms with Crippen LogP contribution in [0, 0.1) is 0 Å². The fourth-order valence-corrected chi connectivity index (χ4v) is 8.09. The van der Waals surface area contributed by atoms with Gasteiger partial charge in [0.15, 0.2) is 0 Å². The summed E-state index contributed by atoms with van der Waals surface area (Å²) in [5, 5.41) is 0. The second-order valence-corrected chi connectivity index (χ2v) is 20.4. The zero-order valence-electron chi connectivity index (χ0n) is 41.6. The highest BCUT2D eigenvalue weighted by Gasteiger charge is 2.26. The average Bonchev–Trinajstić information content (AvgIpc) is 3.23. The summed E-state index contributed by atoms with van der Waals surface area (Å²) in [5.74, 6) is -0.316. The van der Waals surface area contributed by atoms with Gasteiger partial charge in [-0.05, 0) is 70.6 Å². The summed E-state index contributed by atoms with van der Waals surface area (Å²) in [6.45, 7) is 5.61. The van der Waals surface area contributed by atoms with Crippen LogP contribution in [0.15, 0.2) is 36.5 Å². The zero-order chi connectivity index (χ0) is 45.5. The molecule has 2 atom stereocenters. The molecule has 0 aromatic heterocycles. The minimum atomic E-state index is -4.28. The number of phosphoric ester groups is 1. The van der Waals surface area contributed by atoms with Crippen molar-refractivity contribution in [3.05, 3.63) is 36.5 Å². The lowest BCUT2D eigenvalue weighted by molar-refractivity contribution is -0.870. The van der Waals surface area contributed by atoms with Gasteiger partial charge >= 0.3 is 13.8 Å². The zero-order valence-corrected chi connectivity index (χ0v) is 42.5. The van der Waals surface area contributed by atoms with Crippen LogP contribution in [0.3, 0.4) is 0 Å². The van der Waals surface area contributed by atoms with E-state index >= 15 is 0 Å². The van der Waals surface area contributed by atoms with Crippen molar-refractivity contribution >= 4 is 13.8 Å². The van der Waals surface area contributed by atoms with E-state index in [0.717, 1.165) is 44.9 Å². The van der Waals surface area contributed by atoms with E-state index in [4.69, 9.17) is 18.5 Å². The van der Waals surface area contributed by atoms with E-state index in [0.29, 0.717) is 24.1 Å². The van der Waals surface area contributed by atoms with Gasteiger partial charge < -0.3 is 18.9 Å². The Morgan fingerprint density at radius 2 is 0.887 bits per heavy atom. The number of ether oxygens (including phenoxy) is 2. The summed E-state index contributed by atoms with van der Waals surface area (Å²) in [6.07, 6.45) is 56.2. The van der Waals surface area contributed by atoms with Crippen molar-refractivity contribution in [3.8, 4) is 0 Å². The molecule has 0 aliphatic rings. The number of hydrogen-bond donors (Lipinski definition) is 1. The van der Waals surface area contributed by atoms with Crippen LogP contribution in [0.25, 0.3) is 0 Å². The molecule has 0 amide bonds. The van der Waals surface area contributed by atoms with Gasteiger partial charge in [-0.2, -0.15) is 0 Å². The SMILES string of the molecule is CCCCCC/C=C\C/C=C\CCCCCCCCOCC(COP(=O)(O)OCC[N+](C)(C)C)OC(=O)CCCCCCCCCCCCC/C=C\CCCCCCCCCC. The number of likely N-dealkylation sites (N-methyl/N-ethyl adjacent to an activating group) is 1. The van der Waals surface area contributed by atoms with E-state index in [1.807, 2.05) is 21.1 Å². The number of carbonyl (C=O) groups is 1. The highest BCUT2D eigenvalue weighted by atomic mass is 31.2. The fourth-order valence-electron chi connectivity index (χ4n) is 7.34. The molecule has 0 aromatic carbocycles. The van der Waals surface area contributed by atoms with Crippen LogP contribution < -0.4 is 0 Å². The van der Waals surface area contributed by atoms with Gasteiger partial charge in [-0.15, -0.1) is 0 Å². The highest BCUT2D eigenvalue weighted by Crippen LogP contribution is 2.43. The van der Waals surface area contributed by atoms with Gasteiger partial charge in [-0.3, -0.25) is 13.8 Å². The van der Waals surface area contributed by atoms with E-state index in [9.17, 15) is 14.3 Å². The Morgan fingerprint density at radius 1 is 0.500 bits per heavy atom. The molecule has 0 heterocycles. The molecule has 1 N–H and O–H groups in total. The first-order valence-corrected chi connectivity index (χ1v) is 27.7. The maximum atomic E-state index is 12.8. The quantitative estimate of drug-likeness (QED) is 0.0214. The van der Waals surface area contributed by atoms with Crippen LogP contribution in [-0.2, 0) is 27.9 Å². The summed E-state index contributed by atoms with van der Waals surface area (Å²) >= 11 is 0. The van der Waals surface area contributed by atoms with Gasteiger partial charge in [0, 0.05) is 13.0 Å². The topological polar surface area (TPSA) is 91.3 Å². The third kappa shape index (κ3) is 49.7. The number of carbonyl (C=O) groups excluding carboxylic acids is 1. The molecule has 366 valence electrons. The molecule has 0 saturated heterocycles. The molecule has 0 saturated carbocycles. The van der Waals surface area contributed by atoms with Crippen LogP contribution in [0.5, 0.6) is 0 Å². The number of allylic oxidation sites excluding steroid dienone is 6. The van der Waals surface area contributed by atoms with E-state index in [-0.39, 0.29) is 25.8 Å². The van der Waals surface area contributed by atoms with Crippen molar-refractivity contribution in [1.82, 2.24) is 0 Å². The van der Waals surface area contributed by atoms with Crippen LogP contribution in [0.2, 0.25) is 0 Å².